The van der Waals surface area contributed by atoms with Crippen LogP contribution in [0.2, 0.25) is 0 Å². The predicted molar refractivity (Wildman–Crippen MR) is 57.7 cm³/mol. The molecule has 2 aliphatic carbocycles. The van der Waals surface area contributed by atoms with E-state index in [1.807, 2.05) is 0 Å². The Morgan fingerprint density at radius 2 is 1.46 bits per heavy atom. The second-order valence-electron chi connectivity index (χ2n) is 5.79. The van der Waals surface area contributed by atoms with Gasteiger partial charge in [0.1, 0.15) is 0 Å². The molecule has 0 aromatic rings. The summed E-state index contributed by atoms with van der Waals surface area (Å²) in [5.41, 5.74) is 0.839. The van der Waals surface area contributed by atoms with Crippen LogP contribution in [0.15, 0.2) is 0 Å². The van der Waals surface area contributed by atoms with Gasteiger partial charge in [0.2, 0.25) is 0 Å². The van der Waals surface area contributed by atoms with Crippen LogP contribution in [0, 0.1) is 17.3 Å². The van der Waals surface area contributed by atoms with Gasteiger partial charge in [-0.2, -0.15) is 0 Å². The van der Waals surface area contributed by atoms with Crippen LogP contribution >= 0.6 is 0 Å². The number of hydrogen-bond donors (Lipinski definition) is 0. The van der Waals surface area contributed by atoms with Gasteiger partial charge >= 0.3 is 0 Å². The first kappa shape index (κ1) is 9.55. The van der Waals surface area contributed by atoms with Gasteiger partial charge in [0, 0.05) is 0 Å². The third-order valence-corrected chi connectivity index (χ3v) is 4.70. The van der Waals surface area contributed by atoms with Gasteiger partial charge in [0.05, 0.1) is 0 Å². The molecule has 0 heterocycles. The lowest BCUT2D eigenvalue weighted by Gasteiger charge is -2.38. The van der Waals surface area contributed by atoms with E-state index in [9.17, 15) is 0 Å². The molecule has 0 unspecified atom stereocenters. The molecule has 2 fully saturated rings. The maximum atomic E-state index is 2.40. The molecule has 0 N–H and O–H groups in total. The summed E-state index contributed by atoms with van der Waals surface area (Å²) >= 11 is 0. The average Bonchev–Trinajstić information content (AvgIpc) is 2.54. The molecule has 2 rings (SSSR count). The molecule has 0 aliphatic heterocycles. The summed E-state index contributed by atoms with van der Waals surface area (Å²) < 4.78 is 0. The molecular weight excluding hydrogens is 156 g/mol. The molecule has 0 radical (unpaired) electrons. The Balaban J connectivity index is 1.88. The predicted octanol–water partition coefficient (Wildman–Crippen LogP) is 4.39. The first-order valence-corrected chi connectivity index (χ1v) is 6.22. The summed E-state index contributed by atoms with van der Waals surface area (Å²) in [5, 5.41) is 0. The smallest absolute Gasteiger partial charge is 0.0297 e. The fraction of sp³-hybridized carbons (Fsp3) is 1.00. The summed E-state index contributed by atoms with van der Waals surface area (Å²) in [7, 11) is 0. The van der Waals surface area contributed by atoms with E-state index in [1.54, 1.807) is 25.7 Å². The largest absolute Gasteiger partial charge is 0.0625 e. The third kappa shape index (κ3) is 1.92. The Hall–Kier alpha value is 0. The maximum Gasteiger partial charge on any atom is -0.0297 e. The minimum Gasteiger partial charge on any atom is -0.0625 e. The molecule has 0 saturated heterocycles. The molecule has 76 valence electrons. The Morgan fingerprint density at radius 1 is 0.923 bits per heavy atom. The van der Waals surface area contributed by atoms with Crippen molar-refractivity contribution in [1.29, 1.82) is 0 Å². The van der Waals surface area contributed by atoms with E-state index in [0.717, 1.165) is 17.3 Å². The quantitative estimate of drug-likeness (QED) is 0.561. The van der Waals surface area contributed by atoms with Gasteiger partial charge in [0.15, 0.2) is 0 Å². The van der Waals surface area contributed by atoms with Crippen molar-refractivity contribution >= 4 is 0 Å². The van der Waals surface area contributed by atoms with Gasteiger partial charge in [-0.3, -0.25) is 0 Å². The second-order valence-corrected chi connectivity index (χ2v) is 5.79. The van der Waals surface area contributed by atoms with Gasteiger partial charge in [0.25, 0.3) is 0 Å². The third-order valence-electron chi connectivity index (χ3n) is 4.70. The maximum absolute atomic E-state index is 2.40. The van der Waals surface area contributed by atoms with Crippen LogP contribution in [-0.2, 0) is 0 Å². The number of hydrogen-bond acceptors (Lipinski definition) is 0. The first-order valence-electron chi connectivity index (χ1n) is 6.22. The zero-order chi connectivity index (χ0) is 9.31. The van der Waals surface area contributed by atoms with E-state index in [0.29, 0.717) is 0 Å². The highest BCUT2D eigenvalue weighted by Gasteiger charge is 2.37. The lowest BCUT2D eigenvalue weighted by Crippen LogP contribution is -2.26. The van der Waals surface area contributed by atoms with E-state index in [4.69, 9.17) is 0 Å². The van der Waals surface area contributed by atoms with Crippen molar-refractivity contribution in [2.24, 2.45) is 17.3 Å². The highest BCUT2D eigenvalue weighted by molar-refractivity contribution is 4.89. The molecular formula is C13H24. The topological polar surface area (TPSA) is 0 Å². The van der Waals surface area contributed by atoms with Crippen molar-refractivity contribution in [1.82, 2.24) is 0 Å². The molecule has 0 atom stereocenters. The second kappa shape index (κ2) is 3.63. The molecule has 2 saturated carbocycles. The van der Waals surface area contributed by atoms with Crippen molar-refractivity contribution in [3.05, 3.63) is 0 Å². The molecule has 0 bridgehead atoms. The SMILES string of the molecule is CC(C)C1CCC2(CCCC2)CC1. The summed E-state index contributed by atoms with van der Waals surface area (Å²) in [6.07, 6.45) is 12.3. The van der Waals surface area contributed by atoms with Crippen LogP contribution in [-0.4, -0.2) is 0 Å². The van der Waals surface area contributed by atoms with Crippen molar-refractivity contribution < 1.29 is 0 Å². The zero-order valence-corrected chi connectivity index (χ0v) is 9.31. The van der Waals surface area contributed by atoms with E-state index >= 15 is 0 Å². The van der Waals surface area contributed by atoms with E-state index < -0.39 is 0 Å². The summed E-state index contributed by atoms with van der Waals surface area (Å²) in [6.45, 7) is 4.80. The van der Waals surface area contributed by atoms with Gasteiger partial charge in [-0.05, 0) is 55.8 Å². The first-order chi connectivity index (χ1) is 6.22. The Morgan fingerprint density at radius 3 is 1.92 bits per heavy atom. The summed E-state index contributed by atoms with van der Waals surface area (Å²) in [4.78, 5) is 0. The Labute approximate surface area is 83.1 Å². The van der Waals surface area contributed by atoms with Gasteiger partial charge in [-0.15, -0.1) is 0 Å². The molecule has 0 aromatic carbocycles. The summed E-state index contributed by atoms with van der Waals surface area (Å²) in [6, 6.07) is 0. The molecule has 0 heteroatoms. The Bertz CT molecular complexity index is 153. The van der Waals surface area contributed by atoms with Crippen LogP contribution in [0.25, 0.3) is 0 Å². The fourth-order valence-corrected chi connectivity index (χ4v) is 3.54. The van der Waals surface area contributed by atoms with E-state index in [2.05, 4.69) is 13.8 Å². The fourth-order valence-electron chi connectivity index (χ4n) is 3.54. The zero-order valence-electron chi connectivity index (χ0n) is 9.31. The van der Waals surface area contributed by atoms with E-state index in [1.165, 1.54) is 25.7 Å². The molecule has 0 aromatic heterocycles. The molecule has 0 nitrogen and oxygen atoms in total. The highest BCUT2D eigenvalue weighted by atomic mass is 14.4. The number of rotatable bonds is 1. The normalized spacial score (nSPS) is 28.8. The van der Waals surface area contributed by atoms with Crippen LogP contribution < -0.4 is 0 Å². The van der Waals surface area contributed by atoms with Crippen molar-refractivity contribution in [2.45, 2.75) is 65.2 Å². The highest BCUT2D eigenvalue weighted by Crippen LogP contribution is 2.51. The van der Waals surface area contributed by atoms with Crippen molar-refractivity contribution in [3.8, 4) is 0 Å². The molecule has 1 spiro atoms. The lowest BCUT2D eigenvalue weighted by atomic mass is 9.67. The minimum atomic E-state index is 0.839. The van der Waals surface area contributed by atoms with Crippen LogP contribution in [0.1, 0.15) is 65.2 Å². The average molecular weight is 180 g/mol. The molecule has 13 heavy (non-hydrogen) atoms. The molecule has 2 aliphatic rings. The molecule has 0 amide bonds. The van der Waals surface area contributed by atoms with Gasteiger partial charge < -0.3 is 0 Å². The van der Waals surface area contributed by atoms with Crippen molar-refractivity contribution in [2.75, 3.05) is 0 Å². The summed E-state index contributed by atoms with van der Waals surface area (Å²) in [5.74, 6) is 1.98. The van der Waals surface area contributed by atoms with E-state index in [-0.39, 0.29) is 0 Å². The lowest BCUT2D eigenvalue weighted by molar-refractivity contribution is 0.132. The van der Waals surface area contributed by atoms with Gasteiger partial charge in [-0.1, -0.05) is 26.7 Å². The van der Waals surface area contributed by atoms with Gasteiger partial charge in [-0.25, -0.2) is 0 Å². The van der Waals surface area contributed by atoms with Crippen LogP contribution in [0.3, 0.4) is 0 Å². The standard InChI is InChI=1S/C13H24/c1-11(2)12-5-9-13(10-6-12)7-3-4-8-13/h11-12H,3-10H2,1-2H3. The van der Waals surface area contributed by atoms with Crippen molar-refractivity contribution in [3.63, 3.8) is 0 Å². The minimum absolute atomic E-state index is 0.839. The monoisotopic (exact) mass is 180 g/mol. The van der Waals surface area contributed by atoms with Crippen LogP contribution in [0.5, 0.6) is 0 Å². The Kier molecular flexibility index (Phi) is 2.67. The van der Waals surface area contributed by atoms with Crippen LogP contribution in [0.4, 0.5) is 0 Å².